The number of rotatable bonds is 1. The molecule has 4 heteroatoms. The molecule has 0 aliphatic carbocycles. The lowest BCUT2D eigenvalue weighted by Crippen LogP contribution is -2.49. The van der Waals surface area contributed by atoms with E-state index >= 15 is 0 Å². The van der Waals surface area contributed by atoms with E-state index in [-0.39, 0.29) is 18.2 Å². The fourth-order valence-electron chi connectivity index (χ4n) is 3.88. The molecule has 2 atom stereocenters. The van der Waals surface area contributed by atoms with Crippen molar-refractivity contribution in [3.63, 3.8) is 0 Å². The third-order valence-corrected chi connectivity index (χ3v) is 4.91. The number of nitrogens with zero attached hydrogens (tertiary/aromatic N) is 1. The van der Waals surface area contributed by atoms with E-state index in [1.807, 2.05) is 23.1 Å². The average Bonchev–Trinajstić information content (AvgIpc) is 3.01. The zero-order chi connectivity index (χ0) is 13.6. The first-order valence-electron chi connectivity index (χ1n) is 7.56. The molecule has 1 aromatic rings. The Balaban J connectivity index is 1.64. The maximum atomic E-state index is 12.9. The van der Waals surface area contributed by atoms with Gasteiger partial charge in [-0.05, 0) is 44.3 Å². The van der Waals surface area contributed by atoms with Gasteiger partial charge in [0.2, 0.25) is 0 Å². The van der Waals surface area contributed by atoms with Crippen molar-refractivity contribution in [3.8, 4) is 0 Å². The van der Waals surface area contributed by atoms with E-state index in [0.29, 0.717) is 0 Å². The van der Waals surface area contributed by atoms with E-state index in [4.69, 9.17) is 4.74 Å². The van der Waals surface area contributed by atoms with E-state index < -0.39 is 5.60 Å². The van der Waals surface area contributed by atoms with Crippen molar-refractivity contribution in [2.45, 2.75) is 43.6 Å². The number of hydrogen-bond acceptors (Lipinski definition) is 3. The molecule has 0 saturated carbocycles. The normalized spacial score (nSPS) is 31.8. The molecule has 1 aromatic carbocycles. The number of benzene rings is 1. The van der Waals surface area contributed by atoms with Crippen LogP contribution in [0.3, 0.4) is 0 Å². The van der Waals surface area contributed by atoms with Crippen LogP contribution in [-0.2, 0) is 9.53 Å². The molecule has 0 unspecified atom stereocenters. The van der Waals surface area contributed by atoms with Gasteiger partial charge in [-0.3, -0.25) is 4.79 Å². The number of amides is 1. The highest BCUT2D eigenvalue weighted by molar-refractivity contribution is 5.88. The van der Waals surface area contributed by atoms with Gasteiger partial charge in [-0.1, -0.05) is 30.3 Å². The zero-order valence-corrected chi connectivity index (χ0v) is 11.5. The van der Waals surface area contributed by atoms with Crippen molar-refractivity contribution >= 4 is 5.91 Å². The molecule has 4 nitrogen and oxygen atoms in total. The molecule has 3 aliphatic rings. The highest BCUT2D eigenvalue weighted by Gasteiger charge is 2.57. The van der Waals surface area contributed by atoms with Crippen LogP contribution >= 0.6 is 0 Å². The third kappa shape index (κ3) is 1.71. The molecule has 0 aromatic heterocycles. The van der Waals surface area contributed by atoms with Crippen LogP contribution in [0.15, 0.2) is 30.3 Å². The van der Waals surface area contributed by atoms with Crippen molar-refractivity contribution < 1.29 is 9.53 Å². The minimum absolute atomic E-state index is 0.00851. The molecule has 0 radical (unpaired) electrons. The van der Waals surface area contributed by atoms with Crippen molar-refractivity contribution in [2.75, 3.05) is 13.1 Å². The number of carbonyl (C=O) groups is 1. The number of nitrogens with one attached hydrogen (secondary N) is 1. The first-order chi connectivity index (χ1) is 9.80. The third-order valence-electron chi connectivity index (χ3n) is 4.91. The minimum atomic E-state index is -0.538. The van der Waals surface area contributed by atoms with Crippen LogP contribution in [0.5, 0.6) is 0 Å². The van der Waals surface area contributed by atoms with Gasteiger partial charge in [0.1, 0.15) is 6.23 Å². The van der Waals surface area contributed by atoms with Crippen LogP contribution in [0, 0.1) is 0 Å². The van der Waals surface area contributed by atoms with Gasteiger partial charge in [-0.15, -0.1) is 0 Å². The smallest absolute Gasteiger partial charge is 0.257 e. The highest BCUT2D eigenvalue weighted by atomic mass is 16.6. The molecule has 3 aliphatic heterocycles. The summed E-state index contributed by atoms with van der Waals surface area (Å²) in [6.07, 6.45) is 3.57. The average molecular weight is 272 g/mol. The van der Waals surface area contributed by atoms with Crippen molar-refractivity contribution in [3.05, 3.63) is 35.9 Å². The lowest BCUT2D eigenvalue weighted by Gasteiger charge is -2.32. The molecule has 20 heavy (non-hydrogen) atoms. The van der Waals surface area contributed by atoms with E-state index in [0.717, 1.165) is 38.8 Å². The summed E-state index contributed by atoms with van der Waals surface area (Å²) in [5, 5.41) is 3.31. The Kier molecular flexibility index (Phi) is 2.82. The molecule has 4 rings (SSSR count). The Hall–Kier alpha value is -1.39. The lowest BCUT2D eigenvalue weighted by atomic mass is 9.90. The molecule has 0 bridgehead atoms. The van der Waals surface area contributed by atoms with Crippen molar-refractivity contribution in [1.29, 1.82) is 0 Å². The number of carbonyl (C=O) groups excluding carboxylic acids is 1. The summed E-state index contributed by atoms with van der Waals surface area (Å²) in [7, 11) is 0. The molecule has 3 fully saturated rings. The quantitative estimate of drug-likeness (QED) is 0.848. The molecule has 1 spiro atoms. The zero-order valence-electron chi connectivity index (χ0n) is 11.5. The summed E-state index contributed by atoms with van der Waals surface area (Å²) in [4.78, 5) is 14.9. The molecule has 1 amide bonds. The molecular weight excluding hydrogens is 252 g/mol. The molecule has 3 saturated heterocycles. The van der Waals surface area contributed by atoms with Gasteiger partial charge in [0, 0.05) is 0 Å². The maximum absolute atomic E-state index is 12.9. The predicted molar refractivity (Wildman–Crippen MR) is 75.0 cm³/mol. The Labute approximate surface area is 119 Å². The number of hydrogen-bond donors (Lipinski definition) is 1. The molecule has 106 valence electrons. The summed E-state index contributed by atoms with van der Waals surface area (Å²) in [6.45, 7) is 1.75. The Morgan fingerprint density at radius 1 is 1.15 bits per heavy atom. The van der Waals surface area contributed by atoms with E-state index in [1.165, 1.54) is 5.56 Å². The molecular formula is C16H20N2O2. The topological polar surface area (TPSA) is 41.6 Å². The Bertz CT molecular complexity index is 510. The largest absolute Gasteiger partial charge is 0.342 e. The Morgan fingerprint density at radius 3 is 2.65 bits per heavy atom. The maximum Gasteiger partial charge on any atom is 0.257 e. The first kappa shape index (κ1) is 12.4. The van der Waals surface area contributed by atoms with Gasteiger partial charge < -0.3 is 15.0 Å². The Morgan fingerprint density at radius 2 is 1.90 bits per heavy atom. The number of ether oxygens (including phenoxy) is 1. The second-order valence-corrected chi connectivity index (χ2v) is 6.03. The summed E-state index contributed by atoms with van der Waals surface area (Å²) < 4.78 is 6.21. The van der Waals surface area contributed by atoms with Gasteiger partial charge >= 0.3 is 0 Å². The second-order valence-electron chi connectivity index (χ2n) is 6.03. The highest BCUT2D eigenvalue weighted by Crippen LogP contribution is 2.46. The van der Waals surface area contributed by atoms with Gasteiger partial charge in [0.05, 0.1) is 6.04 Å². The van der Waals surface area contributed by atoms with Crippen LogP contribution < -0.4 is 5.32 Å². The number of fused-ring (bicyclic) bond motifs is 1. The van der Waals surface area contributed by atoms with Crippen LogP contribution in [0.2, 0.25) is 0 Å². The standard InChI is InChI=1S/C16H20N2O2/c19-15-16(8-10-17-11-9-16)20-14-7-6-13(18(14)15)12-4-2-1-3-5-12/h1-5,13-14,17H,6-11H2/t13-,14+/m0/s1. The fraction of sp³-hybridized carbons (Fsp3) is 0.562. The summed E-state index contributed by atoms with van der Waals surface area (Å²) in [5.74, 6) is 0.218. The monoisotopic (exact) mass is 272 g/mol. The number of piperidine rings is 1. The summed E-state index contributed by atoms with van der Waals surface area (Å²) in [6, 6.07) is 10.5. The predicted octanol–water partition coefficient (Wildman–Crippen LogP) is 1.83. The van der Waals surface area contributed by atoms with E-state index in [1.54, 1.807) is 0 Å². The molecule has 1 N–H and O–H groups in total. The van der Waals surface area contributed by atoms with Gasteiger partial charge in [0.25, 0.3) is 5.91 Å². The van der Waals surface area contributed by atoms with Gasteiger partial charge in [0.15, 0.2) is 5.60 Å². The van der Waals surface area contributed by atoms with Crippen LogP contribution in [-0.4, -0.2) is 35.7 Å². The summed E-state index contributed by atoms with van der Waals surface area (Å²) in [5.41, 5.74) is 0.696. The molecule has 3 heterocycles. The first-order valence-corrected chi connectivity index (χ1v) is 7.56. The van der Waals surface area contributed by atoms with Crippen molar-refractivity contribution in [2.24, 2.45) is 0 Å². The van der Waals surface area contributed by atoms with Gasteiger partial charge in [-0.25, -0.2) is 0 Å². The van der Waals surface area contributed by atoms with Crippen molar-refractivity contribution in [1.82, 2.24) is 10.2 Å². The SMILES string of the molecule is O=C1N2[C@@H](CC[C@H]2c2ccccc2)OC12CCNCC2. The van der Waals surface area contributed by atoms with Crippen LogP contribution in [0.25, 0.3) is 0 Å². The van der Waals surface area contributed by atoms with Gasteiger partial charge in [-0.2, -0.15) is 0 Å². The van der Waals surface area contributed by atoms with Crippen LogP contribution in [0.1, 0.15) is 37.3 Å². The van der Waals surface area contributed by atoms with Crippen LogP contribution in [0.4, 0.5) is 0 Å². The lowest BCUT2D eigenvalue weighted by molar-refractivity contribution is -0.140. The van der Waals surface area contributed by atoms with E-state index in [9.17, 15) is 4.79 Å². The summed E-state index contributed by atoms with van der Waals surface area (Å²) >= 11 is 0. The second kappa shape index (κ2) is 4.57. The van der Waals surface area contributed by atoms with E-state index in [2.05, 4.69) is 17.4 Å². The fourth-order valence-corrected chi connectivity index (χ4v) is 3.88. The minimum Gasteiger partial charge on any atom is -0.342 e.